The molecule has 0 spiro atoms. The summed E-state index contributed by atoms with van der Waals surface area (Å²) >= 11 is 5.96. The summed E-state index contributed by atoms with van der Waals surface area (Å²) in [7, 11) is 1.56. The SMILES string of the molecule is COc1ncc(CNCC(C)C)cc1Cl. The monoisotopic (exact) mass is 228 g/mol. The highest BCUT2D eigenvalue weighted by Gasteiger charge is 2.03. The minimum absolute atomic E-state index is 0.476. The van der Waals surface area contributed by atoms with Crippen molar-refractivity contribution in [3.8, 4) is 5.88 Å². The molecule has 1 rings (SSSR count). The zero-order valence-electron chi connectivity index (χ0n) is 9.38. The molecule has 0 radical (unpaired) electrons. The average Bonchev–Trinajstić information content (AvgIpc) is 2.17. The van der Waals surface area contributed by atoms with Crippen LogP contribution in [0.2, 0.25) is 5.02 Å². The van der Waals surface area contributed by atoms with E-state index in [1.165, 1.54) is 0 Å². The number of pyridine rings is 1. The summed E-state index contributed by atoms with van der Waals surface area (Å²) in [4.78, 5) is 4.10. The lowest BCUT2D eigenvalue weighted by Gasteiger charge is -2.08. The number of hydrogen-bond donors (Lipinski definition) is 1. The van der Waals surface area contributed by atoms with Crippen LogP contribution >= 0.6 is 11.6 Å². The van der Waals surface area contributed by atoms with Crippen molar-refractivity contribution in [1.29, 1.82) is 0 Å². The molecule has 0 saturated heterocycles. The third-order valence-corrected chi connectivity index (χ3v) is 2.21. The molecule has 1 heterocycles. The summed E-state index contributed by atoms with van der Waals surface area (Å²) in [5.74, 6) is 1.12. The van der Waals surface area contributed by atoms with Gasteiger partial charge in [-0.15, -0.1) is 0 Å². The standard InChI is InChI=1S/C11H17ClN2O/c1-8(2)5-13-6-9-4-10(12)11(15-3)14-7-9/h4,7-8,13H,5-6H2,1-3H3. The van der Waals surface area contributed by atoms with E-state index in [4.69, 9.17) is 16.3 Å². The topological polar surface area (TPSA) is 34.1 Å². The fourth-order valence-electron chi connectivity index (χ4n) is 1.22. The van der Waals surface area contributed by atoms with E-state index in [2.05, 4.69) is 24.1 Å². The number of aromatic nitrogens is 1. The first-order valence-electron chi connectivity index (χ1n) is 5.02. The second-order valence-electron chi connectivity index (χ2n) is 3.86. The Kier molecular flexibility index (Phi) is 4.85. The van der Waals surface area contributed by atoms with Gasteiger partial charge in [0.1, 0.15) is 5.02 Å². The van der Waals surface area contributed by atoms with Crippen molar-refractivity contribution < 1.29 is 4.74 Å². The van der Waals surface area contributed by atoms with Gasteiger partial charge in [-0.1, -0.05) is 25.4 Å². The van der Waals surface area contributed by atoms with Gasteiger partial charge in [0.2, 0.25) is 5.88 Å². The fourth-order valence-corrected chi connectivity index (χ4v) is 1.48. The lowest BCUT2D eigenvalue weighted by Crippen LogP contribution is -2.19. The van der Waals surface area contributed by atoms with Crippen molar-refractivity contribution in [3.63, 3.8) is 0 Å². The molecule has 0 aromatic carbocycles. The molecule has 0 amide bonds. The van der Waals surface area contributed by atoms with Crippen LogP contribution in [-0.2, 0) is 6.54 Å². The molecule has 0 bridgehead atoms. The Balaban J connectivity index is 2.52. The van der Waals surface area contributed by atoms with Crippen molar-refractivity contribution in [2.45, 2.75) is 20.4 Å². The maximum atomic E-state index is 5.96. The summed E-state index contributed by atoms with van der Waals surface area (Å²) in [5, 5.41) is 3.88. The number of nitrogens with zero attached hydrogens (tertiary/aromatic N) is 1. The largest absolute Gasteiger partial charge is 0.480 e. The van der Waals surface area contributed by atoms with Crippen molar-refractivity contribution in [2.24, 2.45) is 5.92 Å². The highest BCUT2D eigenvalue weighted by molar-refractivity contribution is 6.31. The summed E-state index contributed by atoms with van der Waals surface area (Å²) in [6.45, 7) is 6.12. The molecule has 0 fully saturated rings. The smallest absolute Gasteiger partial charge is 0.232 e. The Hall–Kier alpha value is -0.800. The number of ether oxygens (including phenoxy) is 1. The molecule has 3 nitrogen and oxygen atoms in total. The molecule has 0 saturated carbocycles. The van der Waals surface area contributed by atoms with Crippen LogP contribution in [0.15, 0.2) is 12.3 Å². The van der Waals surface area contributed by atoms with Crippen molar-refractivity contribution in [2.75, 3.05) is 13.7 Å². The molecule has 4 heteroatoms. The van der Waals surface area contributed by atoms with Crippen molar-refractivity contribution in [3.05, 3.63) is 22.8 Å². The van der Waals surface area contributed by atoms with Gasteiger partial charge in [0.05, 0.1) is 7.11 Å². The van der Waals surface area contributed by atoms with E-state index >= 15 is 0 Å². The molecule has 1 N–H and O–H groups in total. The minimum atomic E-state index is 0.476. The van der Waals surface area contributed by atoms with E-state index in [-0.39, 0.29) is 0 Å². The molecular weight excluding hydrogens is 212 g/mol. The fraction of sp³-hybridized carbons (Fsp3) is 0.545. The zero-order valence-corrected chi connectivity index (χ0v) is 10.1. The first-order valence-corrected chi connectivity index (χ1v) is 5.40. The van der Waals surface area contributed by atoms with Crippen molar-refractivity contribution >= 4 is 11.6 Å². The van der Waals surface area contributed by atoms with Gasteiger partial charge < -0.3 is 10.1 Å². The first-order chi connectivity index (χ1) is 7.13. The van der Waals surface area contributed by atoms with Crippen LogP contribution in [0.3, 0.4) is 0 Å². The number of halogens is 1. The maximum Gasteiger partial charge on any atom is 0.232 e. The predicted molar refractivity (Wildman–Crippen MR) is 62.3 cm³/mol. The van der Waals surface area contributed by atoms with E-state index in [0.717, 1.165) is 18.7 Å². The third kappa shape index (κ3) is 4.06. The summed E-state index contributed by atoms with van der Waals surface area (Å²) < 4.78 is 4.98. The second kappa shape index (κ2) is 5.93. The van der Waals surface area contributed by atoms with Gasteiger partial charge >= 0.3 is 0 Å². The molecule has 0 aliphatic carbocycles. The normalized spacial score (nSPS) is 10.7. The molecular formula is C11H17ClN2O. The van der Waals surface area contributed by atoms with Crippen LogP contribution < -0.4 is 10.1 Å². The number of hydrogen-bond acceptors (Lipinski definition) is 3. The molecule has 0 aliphatic heterocycles. The third-order valence-electron chi connectivity index (χ3n) is 1.94. The van der Waals surface area contributed by atoms with Gasteiger partial charge in [-0.3, -0.25) is 0 Å². The van der Waals surface area contributed by atoms with Crippen molar-refractivity contribution in [1.82, 2.24) is 10.3 Å². The quantitative estimate of drug-likeness (QED) is 0.841. The minimum Gasteiger partial charge on any atom is -0.480 e. The molecule has 15 heavy (non-hydrogen) atoms. The van der Waals surface area contributed by atoms with E-state index in [9.17, 15) is 0 Å². The van der Waals surface area contributed by atoms with Crippen LogP contribution in [0.5, 0.6) is 5.88 Å². The van der Waals surface area contributed by atoms with E-state index in [1.807, 2.05) is 6.07 Å². The highest BCUT2D eigenvalue weighted by Crippen LogP contribution is 2.21. The number of rotatable bonds is 5. The van der Waals surface area contributed by atoms with E-state index in [0.29, 0.717) is 16.8 Å². The Morgan fingerprint density at radius 1 is 1.53 bits per heavy atom. The van der Waals surface area contributed by atoms with E-state index < -0.39 is 0 Å². The van der Waals surface area contributed by atoms with Gasteiger partial charge in [-0.05, 0) is 24.1 Å². The Bertz CT molecular complexity index is 315. The Morgan fingerprint density at radius 3 is 2.80 bits per heavy atom. The number of nitrogens with one attached hydrogen (secondary N) is 1. The van der Waals surface area contributed by atoms with Crippen LogP contribution in [0.4, 0.5) is 0 Å². The maximum absolute atomic E-state index is 5.96. The lowest BCUT2D eigenvalue weighted by molar-refractivity contribution is 0.397. The number of methoxy groups -OCH3 is 1. The van der Waals surface area contributed by atoms with Crippen LogP contribution in [0, 0.1) is 5.92 Å². The van der Waals surface area contributed by atoms with Gasteiger partial charge in [0, 0.05) is 12.7 Å². The molecule has 1 aromatic rings. The Labute approximate surface area is 95.8 Å². The summed E-state index contributed by atoms with van der Waals surface area (Å²) in [6, 6.07) is 1.88. The second-order valence-corrected chi connectivity index (χ2v) is 4.27. The molecule has 0 unspecified atom stereocenters. The van der Waals surface area contributed by atoms with Crippen LogP contribution in [-0.4, -0.2) is 18.6 Å². The summed E-state index contributed by atoms with van der Waals surface area (Å²) in [6.07, 6.45) is 1.78. The predicted octanol–water partition coefficient (Wildman–Crippen LogP) is 2.49. The van der Waals surface area contributed by atoms with Crippen LogP contribution in [0.25, 0.3) is 0 Å². The molecule has 0 aliphatic rings. The van der Waals surface area contributed by atoms with Crippen LogP contribution in [0.1, 0.15) is 19.4 Å². The van der Waals surface area contributed by atoms with Gasteiger partial charge in [0.15, 0.2) is 0 Å². The molecule has 84 valence electrons. The Morgan fingerprint density at radius 2 is 2.27 bits per heavy atom. The first kappa shape index (κ1) is 12.3. The van der Waals surface area contributed by atoms with Gasteiger partial charge in [-0.2, -0.15) is 0 Å². The van der Waals surface area contributed by atoms with Gasteiger partial charge in [0.25, 0.3) is 0 Å². The molecule has 0 atom stereocenters. The van der Waals surface area contributed by atoms with Gasteiger partial charge in [-0.25, -0.2) is 4.98 Å². The summed E-state index contributed by atoms with van der Waals surface area (Å²) in [5.41, 5.74) is 1.07. The average molecular weight is 229 g/mol. The van der Waals surface area contributed by atoms with E-state index in [1.54, 1.807) is 13.3 Å². The molecule has 1 aromatic heterocycles. The highest BCUT2D eigenvalue weighted by atomic mass is 35.5. The zero-order chi connectivity index (χ0) is 11.3. The lowest BCUT2D eigenvalue weighted by atomic mass is 10.2.